The van der Waals surface area contributed by atoms with Crippen molar-refractivity contribution in [2.45, 2.75) is 32.8 Å². The lowest BCUT2D eigenvalue weighted by molar-refractivity contribution is -0.138. The highest BCUT2D eigenvalue weighted by atomic mass is 16.5. The van der Waals surface area contributed by atoms with E-state index in [2.05, 4.69) is 6.92 Å². The van der Waals surface area contributed by atoms with Gasteiger partial charge in [-0.15, -0.1) is 0 Å². The van der Waals surface area contributed by atoms with Crippen molar-refractivity contribution in [1.82, 2.24) is 0 Å². The van der Waals surface area contributed by atoms with Crippen molar-refractivity contribution in [3.05, 3.63) is 35.4 Å². The quantitative estimate of drug-likeness (QED) is 0.698. The smallest absolute Gasteiger partial charge is 0.310 e. The number of carboxylic acids is 1. The summed E-state index contributed by atoms with van der Waals surface area (Å²) >= 11 is 0. The summed E-state index contributed by atoms with van der Waals surface area (Å²) in [6.45, 7) is 6.23. The standard InChI is InChI=1S/C15H22O4/c1-3-8-18-9-10-19-11-13-4-6-14(7-5-13)12(2)15(16)17/h4-7,12H,3,8-11H2,1-2H3,(H,16,17). The highest BCUT2D eigenvalue weighted by Crippen LogP contribution is 2.16. The van der Waals surface area contributed by atoms with Crippen LogP contribution in [0.1, 0.15) is 37.3 Å². The van der Waals surface area contributed by atoms with Crippen molar-refractivity contribution in [2.24, 2.45) is 0 Å². The topological polar surface area (TPSA) is 55.8 Å². The van der Waals surface area contributed by atoms with Crippen molar-refractivity contribution in [1.29, 1.82) is 0 Å². The first kappa shape index (κ1) is 15.7. The Morgan fingerprint density at radius 1 is 1.16 bits per heavy atom. The number of ether oxygens (including phenoxy) is 2. The monoisotopic (exact) mass is 266 g/mol. The van der Waals surface area contributed by atoms with Crippen LogP contribution in [0.3, 0.4) is 0 Å². The van der Waals surface area contributed by atoms with Crippen molar-refractivity contribution in [2.75, 3.05) is 19.8 Å². The molecule has 4 heteroatoms. The van der Waals surface area contributed by atoms with Gasteiger partial charge < -0.3 is 14.6 Å². The van der Waals surface area contributed by atoms with Gasteiger partial charge in [-0.05, 0) is 24.5 Å². The first-order valence-corrected chi connectivity index (χ1v) is 6.62. The zero-order chi connectivity index (χ0) is 14.1. The van der Waals surface area contributed by atoms with E-state index in [1.807, 2.05) is 24.3 Å². The molecule has 1 aromatic carbocycles. The molecule has 19 heavy (non-hydrogen) atoms. The van der Waals surface area contributed by atoms with Gasteiger partial charge in [-0.2, -0.15) is 0 Å². The minimum absolute atomic E-state index is 0.475. The molecule has 1 rings (SSSR count). The van der Waals surface area contributed by atoms with E-state index in [0.717, 1.165) is 24.2 Å². The molecule has 0 bridgehead atoms. The fraction of sp³-hybridized carbons (Fsp3) is 0.533. The normalized spacial score (nSPS) is 12.3. The lowest BCUT2D eigenvalue weighted by Gasteiger charge is -2.08. The Kier molecular flexibility index (Phi) is 7.15. The van der Waals surface area contributed by atoms with Crippen LogP contribution < -0.4 is 0 Å². The Labute approximate surface area is 114 Å². The van der Waals surface area contributed by atoms with Gasteiger partial charge in [0.15, 0.2) is 0 Å². The van der Waals surface area contributed by atoms with Crippen molar-refractivity contribution >= 4 is 5.97 Å². The summed E-state index contributed by atoms with van der Waals surface area (Å²) in [4.78, 5) is 10.8. The molecule has 0 spiro atoms. The van der Waals surface area contributed by atoms with E-state index in [0.29, 0.717) is 19.8 Å². The van der Waals surface area contributed by atoms with Gasteiger partial charge in [0.25, 0.3) is 0 Å². The Hall–Kier alpha value is -1.39. The zero-order valence-electron chi connectivity index (χ0n) is 11.6. The van der Waals surface area contributed by atoms with Crippen LogP contribution in [0.2, 0.25) is 0 Å². The summed E-state index contributed by atoms with van der Waals surface area (Å²) < 4.78 is 10.8. The van der Waals surface area contributed by atoms with Crippen LogP contribution >= 0.6 is 0 Å². The highest BCUT2D eigenvalue weighted by Gasteiger charge is 2.12. The molecule has 0 aromatic heterocycles. The second kappa shape index (κ2) is 8.67. The van der Waals surface area contributed by atoms with Crippen LogP contribution in [0.4, 0.5) is 0 Å². The molecule has 0 amide bonds. The van der Waals surface area contributed by atoms with E-state index >= 15 is 0 Å². The molecular formula is C15H22O4. The predicted octanol–water partition coefficient (Wildman–Crippen LogP) is 2.82. The molecule has 0 radical (unpaired) electrons. The molecule has 0 saturated heterocycles. The number of hydrogen-bond donors (Lipinski definition) is 1. The maximum Gasteiger partial charge on any atom is 0.310 e. The fourth-order valence-electron chi connectivity index (χ4n) is 1.60. The molecule has 0 saturated carbocycles. The Morgan fingerprint density at radius 3 is 2.37 bits per heavy atom. The fourth-order valence-corrected chi connectivity index (χ4v) is 1.60. The van der Waals surface area contributed by atoms with E-state index in [1.165, 1.54) is 0 Å². The molecule has 1 atom stereocenters. The average molecular weight is 266 g/mol. The van der Waals surface area contributed by atoms with Crippen LogP contribution in [0, 0.1) is 0 Å². The second-order valence-electron chi connectivity index (χ2n) is 4.47. The summed E-state index contributed by atoms with van der Waals surface area (Å²) in [5.41, 5.74) is 1.85. The van der Waals surface area contributed by atoms with Crippen LogP contribution in [0.5, 0.6) is 0 Å². The first-order chi connectivity index (χ1) is 9.15. The highest BCUT2D eigenvalue weighted by molar-refractivity contribution is 5.75. The van der Waals surface area contributed by atoms with Crippen molar-refractivity contribution in [3.8, 4) is 0 Å². The number of benzene rings is 1. The summed E-state index contributed by atoms with van der Waals surface area (Å²) in [5.74, 6) is -1.28. The molecule has 1 unspecified atom stereocenters. The minimum atomic E-state index is -0.808. The molecule has 106 valence electrons. The van der Waals surface area contributed by atoms with E-state index in [1.54, 1.807) is 6.92 Å². The summed E-state index contributed by atoms with van der Waals surface area (Å²) in [6, 6.07) is 7.49. The van der Waals surface area contributed by atoms with Gasteiger partial charge in [0.05, 0.1) is 25.7 Å². The summed E-state index contributed by atoms with van der Waals surface area (Å²) in [6.07, 6.45) is 1.02. The van der Waals surface area contributed by atoms with Crippen LogP contribution in [0.25, 0.3) is 0 Å². The van der Waals surface area contributed by atoms with Gasteiger partial charge >= 0.3 is 5.97 Å². The van der Waals surface area contributed by atoms with Gasteiger partial charge in [0.1, 0.15) is 0 Å². The maximum atomic E-state index is 10.8. The third-order valence-electron chi connectivity index (χ3n) is 2.84. The number of hydrogen-bond acceptors (Lipinski definition) is 3. The lowest BCUT2D eigenvalue weighted by atomic mass is 10.0. The largest absolute Gasteiger partial charge is 0.481 e. The van der Waals surface area contributed by atoms with E-state index in [4.69, 9.17) is 14.6 Å². The van der Waals surface area contributed by atoms with E-state index in [-0.39, 0.29) is 0 Å². The van der Waals surface area contributed by atoms with Gasteiger partial charge in [0.2, 0.25) is 0 Å². The van der Waals surface area contributed by atoms with Crippen LogP contribution in [0.15, 0.2) is 24.3 Å². The van der Waals surface area contributed by atoms with Gasteiger partial charge in [-0.3, -0.25) is 4.79 Å². The molecular weight excluding hydrogens is 244 g/mol. The van der Waals surface area contributed by atoms with Crippen molar-refractivity contribution in [3.63, 3.8) is 0 Å². The average Bonchev–Trinajstić information content (AvgIpc) is 2.42. The van der Waals surface area contributed by atoms with Gasteiger partial charge in [0, 0.05) is 6.61 Å². The predicted molar refractivity (Wildman–Crippen MR) is 73.3 cm³/mol. The molecule has 0 aliphatic heterocycles. The number of carboxylic acid groups (broad SMARTS) is 1. The third kappa shape index (κ3) is 5.85. The van der Waals surface area contributed by atoms with E-state index in [9.17, 15) is 4.79 Å². The lowest BCUT2D eigenvalue weighted by Crippen LogP contribution is -2.07. The van der Waals surface area contributed by atoms with Crippen LogP contribution in [-0.2, 0) is 20.9 Å². The SMILES string of the molecule is CCCOCCOCc1ccc(C(C)C(=O)O)cc1. The minimum Gasteiger partial charge on any atom is -0.481 e. The van der Waals surface area contributed by atoms with Gasteiger partial charge in [-0.25, -0.2) is 0 Å². The Balaban J connectivity index is 2.30. The first-order valence-electron chi connectivity index (χ1n) is 6.62. The number of carbonyl (C=O) groups is 1. The van der Waals surface area contributed by atoms with E-state index < -0.39 is 11.9 Å². The molecule has 1 N–H and O–H groups in total. The third-order valence-corrected chi connectivity index (χ3v) is 2.84. The Bertz CT molecular complexity index is 372. The number of rotatable bonds is 9. The van der Waals surface area contributed by atoms with Crippen molar-refractivity contribution < 1.29 is 19.4 Å². The molecule has 0 heterocycles. The van der Waals surface area contributed by atoms with Gasteiger partial charge in [-0.1, -0.05) is 31.2 Å². The summed E-state index contributed by atoms with van der Waals surface area (Å²) in [7, 11) is 0. The second-order valence-corrected chi connectivity index (χ2v) is 4.47. The summed E-state index contributed by atoms with van der Waals surface area (Å²) in [5, 5.41) is 8.91. The zero-order valence-corrected chi connectivity index (χ0v) is 11.6. The molecule has 4 nitrogen and oxygen atoms in total. The molecule has 0 aliphatic rings. The molecule has 0 aliphatic carbocycles. The number of aliphatic carboxylic acids is 1. The molecule has 0 fully saturated rings. The van der Waals surface area contributed by atoms with Crippen LogP contribution in [-0.4, -0.2) is 30.9 Å². The molecule has 1 aromatic rings. The Morgan fingerprint density at radius 2 is 1.79 bits per heavy atom. The maximum absolute atomic E-state index is 10.8.